The molecule has 0 fully saturated rings. The van der Waals surface area contributed by atoms with Gasteiger partial charge in [0.05, 0.1) is 0 Å². The summed E-state index contributed by atoms with van der Waals surface area (Å²) in [4.78, 5) is 2.30. The van der Waals surface area contributed by atoms with Crippen LogP contribution in [0.4, 0.5) is 8.78 Å². The van der Waals surface area contributed by atoms with E-state index in [1.54, 1.807) is 6.92 Å². The van der Waals surface area contributed by atoms with Crippen LogP contribution in [0.15, 0.2) is 12.1 Å². The summed E-state index contributed by atoms with van der Waals surface area (Å²) in [5.74, 6) is -0.703. The van der Waals surface area contributed by atoms with Crippen molar-refractivity contribution in [2.24, 2.45) is 0 Å². The van der Waals surface area contributed by atoms with E-state index in [1.165, 1.54) is 12.1 Å². The summed E-state index contributed by atoms with van der Waals surface area (Å²) in [6, 6.07) is 2.56. The van der Waals surface area contributed by atoms with Crippen LogP contribution in [0.5, 0.6) is 0 Å². The Bertz CT molecular complexity index is 431. The number of hydrogen-bond acceptors (Lipinski definition) is 2. The van der Waals surface area contributed by atoms with Gasteiger partial charge in [-0.3, -0.25) is 0 Å². The third-order valence-corrected chi connectivity index (χ3v) is 3.71. The Morgan fingerprint density at radius 1 is 1.10 bits per heavy atom. The maximum absolute atomic E-state index is 13.9. The molecule has 20 heavy (non-hydrogen) atoms. The molecule has 0 bridgehead atoms. The summed E-state index contributed by atoms with van der Waals surface area (Å²) in [5, 5.41) is 3.33. The average molecular weight is 284 g/mol. The predicted molar refractivity (Wildman–Crippen MR) is 79.9 cm³/mol. The minimum atomic E-state index is -0.355. The first-order valence-corrected chi connectivity index (χ1v) is 7.32. The summed E-state index contributed by atoms with van der Waals surface area (Å²) in [5.41, 5.74) is 0.731. The summed E-state index contributed by atoms with van der Waals surface area (Å²) in [6.07, 6.45) is 0. The zero-order valence-electron chi connectivity index (χ0n) is 13.1. The van der Waals surface area contributed by atoms with E-state index in [0.29, 0.717) is 11.1 Å². The molecular weight excluding hydrogens is 258 g/mol. The smallest absolute Gasteiger partial charge is 0.128 e. The lowest BCUT2D eigenvalue weighted by Crippen LogP contribution is -2.40. The second-order valence-electron chi connectivity index (χ2n) is 5.40. The van der Waals surface area contributed by atoms with E-state index in [4.69, 9.17) is 0 Å². The van der Waals surface area contributed by atoms with Gasteiger partial charge in [0.15, 0.2) is 0 Å². The lowest BCUT2D eigenvalue weighted by molar-refractivity contribution is 0.263. The lowest BCUT2D eigenvalue weighted by Gasteiger charge is -2.26. The highest BCUT2D eigenvalue weighted by molar-refractivity contribution is 5.27. The molecule has 0 aliphatic rings. The zero-order chi connectivity index (χ0) is 15.3. The number of halogens is 2. The molecule has 0 aromatic heterocycles. The number of benzene rings is 1. The number of hydrogen-bond donors (Lipinski definition) is 1. The largest absolute Gasteiger partial charge is 0.306 e. The van der Waals surface area contributed by atoms with Crippen molar-refractivity contribution in [3.05, 3.63) is 34.9 Å². The van der Waals surface area contributed by atoms with Crippen molar-refractivity contribution in [3.63, 3.8) is 0 Å². The molecule has 1 aromatic rings. The highest BCUT2D eigenvalue weighted by Crippen LogP contribution is 2.21. The molecule has 1 rings (SSSR count). The van der Waals surface area contributed by atoms with Crippen molar-refractivity contribution in [2.75, 3.05) is 19.6 Å². The monoisotopic (exact) mass is 284 g/mol. The lowest BCUT2D eigenvalue weighted by atomic mass is 10.0. The van der Waals surface area contributed by atoms with Crippen molar-refractivity contribution in [2.45, 2.75) is 46.7 Å². The first-order chi connectivity index (χ1) is 9.38. The Kier molecular flexibility index (Phi) is 6.56. The molecule has 1 aromatic carbocycles. The van der Waals surface area contributed by atoms with Gasteiger partial charge in [-0.05, 0) is 51.6 Å². The minimum absolute atomic E-state index is 0.212. The van der Waals surface area contributed by atoms with Gasteiger partial charge in [0.2, 0.25) is 0 Å². The molecular formula is C16H26F2N2. The van der Waals surface area contributed by atoms with Crippen molar-refractivity contribution in [1.29, 1.82) is 0 Å². The maximum Gasteiger partial charge on any atom is 0.128 e. The number of rotatable bonds is 7. The normalized spacial score (nSPS) is 14.6. The molecule has 0 spiro atoms. The van der Waals surface area contributed by atoms with E-state index in [2.05, 4.69) is 31.0 Å². The Hall–Kier alpha value is -1.00. The molecule has 0 aliphatic heterocycles. The van der Waals surface area contributed by atoms with Crippen LogP contribution in [0, 0.1) is 18.6 Å². The summed E-state index contributed by atoms with van der Waals surface area (Å²) in [7, 11) is 0. The minimum Gasteiger partial charge on any atom is -0.306 e. The zero-order valence-corrected chi connectivity index (χ0v) is 13.1. The van der Waals surface area contributed by atoms with Crippen molar-refractivity contribution >= 4 is 0 Å². The van der Waals surface area contributed by atoms with E-state index in [0.717, 1.165) is 19.6 Å². The molecule has 0 aliphatic carbocycles. The third-order valence-electron chi connectivity index (χ3n) is 3.71. The summed E-state index contributed by atoms with van der Waals surface area (Å²) < 4.78 is 27.5. The second-order valence-corrected chi connectivity index (χ2v) is 5.40. The van der Waals surface area contributed by atoms with Gasteiger partial charge >= 0.3 is 0 Å². The summed E-state index contributed by atoms with van der Waals surface area (Å²) in [6.45, 7) is 12.6. The van der Waals surface area contributed by atoms with Crippen LogP contribution < -0.4 is 5.32 Å². The fraction of sp³-hybridized carbons (Fsp3) is 0.625. The fourth-order valence-corrected chi connectivity index (χ4v) is 2.43. The molecule has 2 nitrogen and oxygen atoms in total. The van der Waals surface area contributed by atoms with Crippen LogP contribution in [0.2, 0.25) is 0 Å². The molecule has 1 N–H and O–H groups in total. The van der Waals surface area contributed by atoms with Crippen LogP contribution in [-0.4, -0.2) is 30.6 Å². The Morgan fingerprint density at radius 3 is 2.25 bits per heavy atom. The number of nitrogens with zero attached hydrogens (tertiary/aromatic N) is 1. The molecule has 114 valence electrons. The molecule has 2 atom stereocenters. The molecule has 0 saturated heterocycles. The van der Waals surface area contributed by atoms with E-state index < -0.39 is 0 Å². The topological polar surface area (TPSA) is 15.3 Å². The molecule has 0 heterocycles. The second kappa shape index (κ2) is 7.70. The van der Waals surface area contributed by atoms with E-state index in [9.17, 15) is 8.78 Å². The first-order valence-electron chi connectivity index (χ1n) is 7.32. The SMILES string of the molecule is CCN(CC)CC(C)NC(C)c1cc(F)c(C)cc1F. The Labute approximate surface area is 121 Å². The van der Waals surface area contributed by atoms with Gasteiger partial charge in [-0.15, -0.1) is 0 Å². The standard InChI is InChI=1S/C16H26F2N2/c1-6-20(7-2)10-12(4)19-13(5)14-9-15(17)11(3)8-16(14)18/h8-9,12-13,19H,6-7,10H2,1-5H3. The highest BCUT2D eigenvalue weighted by Gasteiger charge is 2.16. The number of nitrogens with one attached hydrogen (secondary N) is 1. The van der Waals surface area contributed by atoms with E-state index in [1.807, 2.05) is 6.92 Å². The number of likely N-dealkylation sites (N-methyl/N-ethyl adjacent to an activating group) is 1. The van der Waals surface area contributed by atoms with Crippen LogP contribution in [-0.2, 0) is 0 Å². The molecule has 0 saturated carbocycles. The molecule has 4 heteroatoms. The van der Waals surface area contributed by atoms with Crippen LogP contribution in [0.25, 0.3) is 0 Å². The highest BCUT2D eigenvalue weighted by atomic mass is 19.1. The van der Waals surface area contributed by atoms with Gasteiger partial charge in [0, 0.05) is 24.2 Å². The van der Waals surface area contributed by atoms with Crippen molar-refractivity contribution in [1.82, 2.24) is 10.2 Å². The quantitative estimate of drug-likeness (QED) is 0.822. The van der Waals surface area contributed by atoms with E-state index >= 15 is 0 Å². The maximum atomic E-state index is 13.9. The van der Waals surface area contributed by atoms with Crippen LogP contribution in [0.3, 0.4) is 0 Å². The van der Waals surface area contributed by atoms with Crippen molar-refractivity contribution < 1.29 is 8.78 Å². The van der Waals surface area contributed by atoms with Gasteiger partial charge in [-0.25, -0.2) is 8.78 Å². The third kappa shape index (κ3) is 4.53. The van der Waals surface area contributed by atoms with Gasteiger partial charge in [0.1, 0.15) is 11.6 Å². The average Bonchev–Trinajstić information content (AvgIpc) is 2.39. The van der Waals surface area contributed by atoms with Gasteiger partial charge in [0.25, 0.3) is 0 Å². The molecule has 0 amide bonds. The van der Waals surface area contributed by atoms with Gasteiger partial charge in [-0.1, -0.05) is 13.8 Å². The molecule has 2 unspecified atom stereocenters. The van der Waals surface area contributed by atoms with Crippen LogP contribution in [0.1, 0.15) is 44.9 Å². The fourth-order valence-electron chi connectivity index (χ4n) is 2.43. The molecule has 0 radical (unpaired) electrons. The van der Waals surface area contributed by atoms with Crippen molar-refractivity contribution in [3.8, 4) is 0 Å². The first kappa shape index (κ1) is 17.1. The summed E-state index contributed by atoms with van der Waals surface area (Å²) >= 11 is 0. The number of aryl methyl sites for hydroxylation is 1. The van der Waals surface area contributed by atoms with Gasteiger partial charge in [-0.2, -0.15) is 0 Å². The van der Waals surface area contributed by atoms with Crippen LogP contribution >= 0.6 is 0 Å². The van der Waals surface area contributed by atoms with E-state index in [-0.39, 0.29) is 23.7 Å². The Balaban J connectivity index is 2.71. The predicted octanol–water partition coefficient (Wildman–Crippen LogP) is 3.65. The Morgan fingerprint density at radius 2 is 1.70 bits per heavy atom. The van der Waals surface area contributed by atoms with Gasteiger partial charge < -0.3 is 10.2 Å².